The number of imidazole rings is 1. The molecule has 1 amide bonds. The first kappa shape index (κ1) is 20.5. The minimum absolute atomic E-state index is 0.0432. The molecule has 3 aromatic rings. The molecule has 2 heterocycles. The normalized spacial score (nSPS) is 19.5. The Bertz CT molecular complexity index is 1210. The van der Waals surface area contributed by atoms with Crippen molar-refractivity contribution in [2.75, 3.05) is 13.7 Å². The average Bonchev–Trinajstić information content (AvgIpc) is 3.42. The highest BCUT2D eigenvalue weighted by Crippen LogP contribution is 2.39. The van der Waals surface area contributed by atoms with Crippen molar-refractivity contribution in [1.82, 2.24) is 14.5 Å². The highest BCUT2D eigenvalue weighted by atomic mass is 19.1. The number of methoxy groups -OCH3 is 1. The Hall–Kier alpha value is -3.41. The van der Waals surface area contributed by atoms with Crippen LogP contribution in [0.3, 0.4) is 0 Å². The Morgan fingerprint density at radius 2 is 2.09 bits per heavy atom. The molecule has 0 N–H and O–H groups in total. The fourth-order valence-electron chi connectivity index (χ4n) is 4.93. The molecule has 1 aliphatic carbocycles. The minimum Gasteiger partial charge on any atom is -0.495 e. The number of aromatic nitrogens is 2. The summed E-state index contributed by atoms with van der Waals surface area (Å²) in [5.41, 5.74) is 5.26. The van der Waals surface area contributed by atoms with Crippen LogP contribution in [0.1, 0.15) is 47.7 Å². The summed E-state index contributed by atoms with van der Waals surface area (Å²) in [6.07, 6.45) is 8.77. The monoisotopic (exact) mass is 431 g/mol. The van der Waals surface area contributed by atoms with Gasteiger partial charge < -0.3 is 14.2 Å². The lowest BCUT2D eigenvalue weighted by Gasteiger charge is -2.34. The van der Waals surface area contributed by atoms with Crippen molar-refractivity contribution in [3.8, 4) is 11.4 Å². The maximum Gasteiger partial charge on any atom is 0.250 e. The summed E-state index contributed by atoms with van der Waals surface area (Å²) >= 11 is 0. The van der Waals surface area contributed by atoms with Crippen LogP contribution >= 0.6 is 0 Å². The summed E-state index contributed by atoms with van der Waals surface area (Å²) in [5.74, 6) is 0.606. The molecule has 1 atom stereocenters. The molecule has 1 fully saturated rings. The first-order chi connectivity index (χ1) is 15.5. The van der Waals surface area contributed by atoms with Gasteiger partial charge in [0.15, 0.2) is 0 Å². The molecule has 164 valence electrons. The van der Waals surface area contributed by atoms with Crippen LogP contribution in [0.5, 0.6) is 5.75 Å². The number of rotatable bonds is 4. The SMILES string of the molecule is COc1cc(C=C2CCCN([C@@H]3CCc4c(F)cccc43)C2=O)ccc1-n1cnc(C)c1. The molecule has 0 radical (unpaired) electrons. The van der Waals surface area contributed by atoms with E-state index >= 15 is 0 Å². The standard InChI is InChI=1S/C26H26FN3O2/c1-17-15-29(16-28-17)24-10-8-18(14-25(24)32-2)13-19-5-4-12-30(26(19)31)23-11-9-20-21(23)6-3-7-22(20)27/h3,6-8,10,13-16,23H,4-5,9,11-12H2,1-2H3/t23-/m1/s1. The number of benzene rings is 2. The van der Waals surface area contributed by atoms with Gasteiger partial charge in [0.2, 0.25) is 5.91 Å². The van der Waals surface area contributed by atoms with Gasteiger partial charge in [0.25, 0.3) is 0 Å². The molecular formula is C26H26FN3O2. The van der Waals surface area contributed by atoms with Crippen LogP contribution in [0.15, 0.2) is 54.5 Å². The topological polar surface area (TPSA) is 47.4 Å². The van der Waals surface area contributed by atoms with Gasteiger partial charge in [-0.25, -0.2) is 9.37 Å². The van der Waals surface area contributed by atoms with E-state index in [0.717, 1.165) is 58.7 Å². The van der Waals surface area contributed by atoms with E-state index in [-0.39, 0.29) is 17.8 Å². The number of hydrogen-bond acceptors (Lipinski definition) is 3. The van der Waals surface area contributed by atoms with Crippen molar-refractivity contribution < 1.29 is 13.9 Å². The Labute approximate surface area is 187 Å². The van der Waals surface area contributed by atoms with E-state index in [9.17, 15) is 9.18 Å². The molecule has 6 heteroatoms. The zero-order chi connectivity index (χ0) is 22.2. The second kappa shape index (κ2) is 8.26. The first-order valence-corrected chi connectivity index (χ1v) is 11.0. The summed E-state index contributed by atoms with van der Waals surface area (Å²) in [7, 11) is 1.64. The number of halogens is 1. The third kappa shape index (κ3) is 3.60. The van der Waals surface area contributed by atoms with Gasteiger partial charge in [-0.15, -0.1) is 0 Å². The molecule has 1 aliphatic heterocycles. The summed E-state index contributed by atoms with van der Waals surface area (Å²) in [4.78, 5) is 19.6. The highest BCUT2D eigenvalue weighted by Gasteiger charge is 2.35. The molecule has 32 heavy (non-hydrogen) atoms. The van der Waals surface area contributed by atoms with Gasteiger partial charge in [-0.1, -0.05) is 18.2 Å². The van der Waals surface area contributed by atoms with Gasteiger partial charge in [0, 0.05) is 18.3 Å². The largest absolute Gasteiger partial charge is 0.495 e. The molecule has 0 saturated carbocycles. The zero-order valence-electron chi connectivity index (χ0n) is 18.3. The van der Waals surface area contributed by atoms with Crippen LogP contribution in [0, 0.1) is 12.7 Å². The van der Waals surface area contributed by atoms with E-state index in [1.807, 2.05) is 52.9 Å². The Morgan fingerprint density at radius 1 is 1.22 bits per heavy atom. The van der Waals surface area contributed by atoms with Crippen molar-refractivity contribution in [3.05, 3.63) is 82.7 Å². The quantitative estimate of drug-likeness (QED) is 0.545. The molecule has 1 saturated heterocycles. The number of carbonyl (C=O) groups excluding carboxylic acids is 1. The number of carbonyl (C=O) groups is 1. The predicted molar refractivity (Wildman–Crippen MR) is 121 cm³/mol. The van der Waals surface area contributed by atoms with E-state index in [2.05, 4.69) is 4.98 Å². The molecular weight excluding hydrogens is 405 g/mol. The number of ether oxygens (including phenoxy) is 1. The molecule has 0 spiro atoms. The van der Waals surface area contributed by atoms with Crippen LogP contribution in [0.2, 0.25) is 0 Å². The van der Waals surface area contributed by atoms with E-state index in [1.165, 1.54) is 6.07 Å². The summed E-state index contributed by atoms with van der Waals surface area (Å²) in [6.45, 7) is 2.65. The molecule has 1 aromatic heterocycles. The lowest BCUT2D eigenvalue weighted by atomic mass is 9.97. The molecule has 0 bridgehead atoms. The second-order valence-electron chi connectivity index (χ2n) is 8.49. The summed E-state index contributed by atoms with van der Waals surface area (Å²) in [6, 6.07) is 11.1. The van der Waals surface area contributed by atoms with Crippen molar-refractivity contribution in [3.63, 3.8) is 0 Å². The minimum atomic E-state index is -0.162. The van der Waals surface area contributed by atoms with Crippen LogP contribution in [-0.4, -0.2) is 34.0 Å². The molecule has 5 nitrogen and oxygen atoms in total. The Balaban J connectivity index is 1.42. The van der Waals surface area contributed by atoms with Crippen LogP contribution in [0.25, 0.3) is 11.8 Å². The van der Waals surface area contributed by atoms with Crippen molar-refractivity contribution in [2.24, 2.45) is 0 Å². The first-order valence-electron chi connectivity index (χ1n) is 11.0. The van der Waals surface area contributed by atoms with Gasteiger partial charge in [0.1, 0.15) is 11.6 Å². The number of piperidine rings is 1. The van der Waals surface area contributed by atoms with Gasteiger partial charge in [0.05, 0.1) is 30.9 Å². The van der Waals surface area contributed by atoms with Crippen molar-refractivity contribution >= 4 is 12.0 Å². The lowest BCUT2D eigenvalue weighted by molar-refractivity contribution is -0.131. The van der Waals surface area contributed by atoms with Crippen LogP contribution in [-0.2, 0) is 11.2 Å². The predicted octanol–water partition coefficient (Wildman–Crippen LogP) is 5.02. The van der Waals surface area contributed by atoms with Crippen LogP contribution < -0.4 is 4.74 Å². The van der Waals surface area contributed by atoms with E-state index in [0.29, 0.717) is 13.0 Å². The van der Waals surface area contributed by atoms with Gasteiger partial charge in [-0.05, 0) is 73.6 Å². The van der Waals surface area contributed by atoms with Crippen LogP contribution in [0.4, 0.5) is 4.39 Å². The number of nitrogens with zero attached hydrogens (tertiary/aromatic N) is 3. The smallest absolute Gasteiger partial charge is 0.250 e. The van der Waals surface area contributed by atoms with Crippen molar-refractivity contribution in [1.29, 1.82) is 0 Å². The Morgan fingerprint density at radius 3 is 2.88 bits per heavy atom. The summed E-state index contributed by atoms with van der Waals surface area (Å²) < 4.78 is 21.7. The fourth-order valence-corrected chi connectivity index (χ4v) is 4.93. The fraction of sp³-hybridized carbons (Fsp3) is 0.308. The highest BCUT2D eigenvalue weighted by molar-refractivity contribution is 5.99. The third-order valence-electron chi connectivity index (χ3n) is 6.47. The average molecular weight is 432 g/mol. The number of aryl methyl sites for hydroxylation is 1. The number of fused-ring (bicyclic) bond motifs is 1. The van der Waals surface area contributed by atoms with E-state index in [4.69, 9.17) is 4.74 Å². The van der Waals surface area contributed by atoms with Gasteiger partial charge in [-0.2, -0.15) is 0 Å². The molecule has 0 unspecified atom stereocenters. The molecule has 2 aliphatic rings. The summed E-state index contributed by atoms with van der Waals surface area (Å²) in [5, 5.41) is 0. The molecule has 5 rings (SSSR count). The number of likely N-dealkylation sites (tertiary alicyclic amines) is 1. The van der Waals surface area contributed by atoms with Gasteiger partial charge >= 0.3 is 0 Å². The molecule has 2 aromatic carbocycles. The van der Waals surface area contributed by atoms with Gasteiger partial charge in [-0.3, -0.25) is 4.79 Å². The third-order valence-corrected chi connectivity index (χ3v) is 6.47. The lowest BCUT2D eigenvalue weighted by Crippen LogP contribution is -2.39. The number of hydrogen-bond donors (Lipinski definition) is 0. The maximum absolute atomic E-state index is 14.2. The van der Waals surface area contributed by atoms with E-state index < -0.39 is 0 Å². The second-order valence-corrected chi connectivity index (χ2v) is 8.49. The maximum atomic E-state index is 14.2. The Kier molecular flexibility index (Phi) is 5.29. The number of amides is 1. The van der Waals surface area contributed by atoms with E-state index in [1.54, 1.807) is 19.5 Å². The zero-order valence-corrected chi connectivity index (χ0v) is 18.3. The van der Waals surface area contributed by atoms with Crippen molar-refractivity contribution in [2.45, 2.75) is 38.6 Å².